The van der Waals surface area contributed by atoms with Crippen LogP contribution in [0.1, 0.15) is 40.2 Å². The Bertz CT molecular complexity index is 917. The Morgan fingerprint density at radius 2 is 2.00 bits per heavy atom. The number of methoxy groups -OCH3 is 1. The summed E-state index contributed by atoms with van der Waals surface area (Å²) in [6.07, 6.45) is 2.88. The molecule has 2 aliphatic rings. The van der Waals surface area contributed by atoms with E-state index in [1.807, 2.05) is 24.3 Å². The number of fused-ring (bicyclic) bond motifs is 1. The molecule has 154 valence electrons. The fraction of sp³-hybridized carbons (Fsp3) is 0.476. The van der Waals surface area contributed by atoms with Crippen LogP contribution in [0.25, 0.3) is 0 Å². The quantitative estimate of drug-likeness (QED) is 0.796. The van der Waals surface area contributed by atoms with Gasteiger partial charge in [0.25, 0.3) is 0 Å². The maximum atomic E-state index is 12.7. The second-order valence-corrected chi connectivity index (χ2v) is 7.64. The van der Waals surface area contributed by atoms with Gasteiger partial charge in [0.1, 0.15) is 5.75 Å². The molecule has 0 spiro atoms. The van der Waals surface area contributed by atoms with Crippen molar-refractivity contribution in [1.29, 1.82) is 0 Å². The molecule has 29 heavy (non-hydrogen) atoms. The molecule has 0 saturated carbocycles. The second kappa shape index (κ2) is 8.24. The van der Waals surface area contributed by atoms with E-state index in [2.05, 4.69) is 10.00 Å². The summed E-state index contributed by atoms with van der Waals surface area (Å²) in [5.41, 5.74) is 2.58. The number of amides is 1. The number of likely N-dealkylation sites (tertiary alicyclic amines) is 1. The molecule has 3 heterocycles. The van der Waals surface area contributed by atoms with E-state index in [-0.39, 0.29) is 11.6 Å². The lowest BCUT2D eigenvalue weighted by molar-refractivity contribution is -0.133. The zero-order valence-electron chi connectivity index (χ0n) is 16.6. The van der Waals surface area contributed by atoms with Crippen LogP contribution in [0.3, 0.4) is 0 Å². The standard InChI is InChI=1S/C21H26N4O4/c1-29-16-6-4-5-15(11-16)12-25-18-7-10-24(13-17(18)20(22-25)21(27)28)19(26)14-23-8-2-3-9-23/h4-6,11H,2-3,7-10,12-14H2,1H3,(H,27,28). The summed E-state index contributed by atoms with van der Waals surface area (Å²) in [6.45, 7) is 3.70. The van der Waals surface area contributed by atoms with Crippen LogP contribution >= 0.6 is 0 Å². The van der Waals surface area contributed by atoms with Crippen LogP contribution in [-0.2, 0) is 24.3 Å². The van der Waals surface area contributed by atoms with E-state index in [1.54, 1.807) is 16.7 Å². The minimum Gasteiger partial charge on any atom is -0.497 e. The largest absolute Gasteiger partial charge is 0.497 e. The van der Waals surface area contributed by atoms with Crippen molar-refractivity contribution in [1.82, 2.24) is 19.6 Å². The molecule has 8 nitrogen and oxygen atoms in total. The molecule has 1 N–H and O–H groups in total. The first-order valence-corrected chi connectivity index (χ1v) is 10.00. The zero-order chi connectivity index (χ0) is 20.4. The molecule has 8 heteroatoms. The minimum atomic E-state index is -1.06. The number of rotatable bonds is 6. The van der Waals surface area contributed by atoms with Crippen LogP contribution in [0.5, 0.6) is 5.75 Å². The van der Waals surface area contributed by atoms with Gasteiger partial charge in [0.2, 0.25) is 5.91 Å². The number of carboxylic acid groups (broad SMARTS) is 1. The van der Waals surface area contributed by atoms with E-state index in [1.165, 1.54) is 0 Å². The molecule has 1 saturated heterocycles. The lowest BCUT2D eigenvalue weighted by Gasteiger charge is -2.29. The van der Waals surface area contributed by atoms with Gasteiger partial charge in [-0.2, -0.15) is 5.10 Å². The minimum absolute atomic E-state index is 0.0431. The van der Waals surface area contributed by atoms with Gasteiger partial charge in [0, 0.05) is 30.8 Å². The highest BCUT2D eigenvalue weighted by molar-refractivity contribution is 5.88. The number of carboxylic acids is 1. The summed E-state index contributed by atoms with van der Waals surface area (Å²) < 4.78 is 7.03. The zero-order valence-corrected chi connectivity index (χ0v) is 16.6. The molecule has 1 aromatic carbocycles. The van der Waals surface area contributed by atoms with Gasteiger partial charge in [0.15, 0.2) is 5.69 Å². The molecule has 0 unspecified atom stereocenters. The van der Waals surface area contributed by atoms with Gasteiger partial charge in [-0.3, -0.25) is 14.4 Å². The van der Waals surface area contributed by atoms with Gasteiger partial charge in [-0.1, -0.05) is 12.1 Å². The summed E-state index contributed by atoms with van der Waals surface area (Å²) in [5.74, 6) is -0.241. The van der Waals surface area contributed by atoms with Gasteiger partial charge < -0.3 is 14.7 Å². The van der Waals surface area contributed by atoms with E-state index < -0.39 is 5.97 Å². The Labute approximate surface area is 169 Å². The highest BCUT2D eigenvalue weighted by atomic mass is 16.5. The highest BCUT2D eigenvalue weighted by Gasteiger charge is 2.30. The van der Waals surface area contributed by atoms with Crippen molar-refractivity contribution in [3.05, 3.63) is 46.8 Å². The number of aromatic nitrogens is 2. The number of carbonyl (C=O) groups is 2. The molecular formula is C21H26N4O4. The lowest BCUT2D eigenvalue weighted by Crippen LogP contribution is -2.42. The summed E-state index contributed by atoms with van der Waals surface area (Å²) >= 11 is 0. The lowest BCUT2D eigenvalue weighted by atomic mass is 10.0. The third kappa shape index (κ3) is 4.12. The first-order chi connectivity index (χ1) is 14.0. The van der Waals surface area contributed by atoms with Crippen LogP contribution in [-0.4, -0.2) is 69.9 Å². The van der Waals surface area contributed by atoms with Gasteiger partial charge >= 0.3 is 5.97 Å². The average molecular weight is 398 g/mol. The van der Waals surface area contributed by atoms with E-state index in [4.69, 9.17) is 4.74 Å². The van der Waals surface area contributed by atoms with E-state index in [9.17, 15) is 14.7 Å². The molecule has 2 aliphatic heterocycles. The molecule has 1 amide bonds. The van der Waals surface area contributed by atoms with Gasteiger partial charge in [-0.15, -0.1) is 0 Å². The normalized spacial score (nSPS) is 16.7. The Balaban J connectivity index is 1.55. The molecule has 4 rings (SSSR count). The van der Waals surface area contributed by atoms with Gasteiger partial charge in [-0.05, 0) is 43.6 Å². The van der Waals surface area contributed by atoms with Crippen molar-refractivity contribution in [2.45, 2.75) is 32.4 Å². The maximum absolute atomic E-state index is 12.7. The van der Waals surface area contributed by atoms with Crippen molar-refractivity contribution in [3.8, 4) is 5.75 Å². The van der Waals surface area contributed by atoms with Crippen LogP contribution in [0.15, 0.2) is 24.3 Å². The number of carbonyl (C=O) groups excluding carboxylic acids is 1. The predicted octanol–water partition coefficient (Wildman–Crippen LogP) is 1.62. The summed E-state index contributed by atoms with van der Waals surface area (Å²) in [7, 11) is 1.62. The highest BCUT2D eigenvalue weighted by Crippen LogP contribution is 2.25. The van der Waals surface area contributed by atoms with Gasteiger partial charge in [0.05, 0.1) is 20.2 Å². The molecule has 0 bridgehead atoms. The van der Waals surface area contributed by atoms with E-state index in [0.717, 1.165) is 42.9 Å². The number of hydrogen-bond acceptors (Lipinski definition) is 5. The topological polar surface area (TPSA) is 87.9 Å². The van der Waals surface area contributed by atoms with Crippen LogP contribution in [0.4, 0.5) is 0 Å². The van der Waals surface area contributed by atoms with E-state index in [0.29, 0.717) is 38.2 Å². The Hall–Kier alpha value is -2.87. The number of benzene rings is 1. The number of nitrogens with zero attached hydrogens (tertiary/aromatic N) is 4. The molecule has 2 aromatic rings. The number of ether oxygens (including phenoxy) is 1. The summed E-state index contributed by atoms with van der Waals surface area (Å²) in [6, 6.07) is 7.66. The van der Waals surface area contributed by atoms with Crippen molar-refractivity contribution in [2.75, 3.05) is 33.3 Å². The molecule has 0 radical (unpaired) electrons. The van der Waals surface area contributed by atoms with E-state index >= 15 is 0 Å². The first kappa shape index (κ1) is 19.4. The molecule has 1 aromatic heterocycles. The third-order valence-corrected chi connectivity index (χ3v) is 5.71. The fourth-order valence-corrected chi connectivity index (χ4v) is 4.18. The monoisotopic (exact) mass is 398 g/mol. The van der Waals surface area contributed by atoms with Crippen molar-refractivity contribution >= 4 is 11.9 Å². The van der Waals surface area contributed by atoms with Crippen LogP contribution < -0.4 is 4.74 Å². The predicted molar refractivity (Wildman–Crippen MR) is 106 cm³/mol. The fourth-order valence-electron chi connectivity index (χ4n) is 4.18. The van der Waals surface area contributed by atoms with Crippen molar-refractivity contribution in [3.63, 3.8) is 0 Å². The Morgan fingerprint density at radius 3 is 2.72 bits per heavy atom. The first-order valence-electron chi connectivity index (χ1n) is 10.00. The van der Waals surface area contributed by atoms with Crippen molar-refractivity contribution < 1.29 is 19.4 Å². The molecule has 1 fully saturated rings. The Kier molecular flexibility index (Phi) is 5.53. The van der Waals surface area contributed by atoms with Crippen LogP contribution in [0, 0.1) is 0 Å². The smallest absolute Gasteiger partial charge is 0.356 e. The number of hydrogen-bond donors (Lipinski definition) is 1. The van der Waals surface area contributed by atoms with Crippen LogP contribution in [0.2, 0.25) is 0 Å². The summed E-state index contributed by atoms with van der Waals surface area (Å²) in [5, 5.41) is 14.0. The van der Waals surface area contributed by atoms with Crippen molar-refractivity contribution in [2.24, 2.45) is 0 Å². The number of aromatic carboxylic acids is 1. The average Bonchev–Trinajstić information content (AvgIpc) is 3.36. The van der Waals surface area contributed by atoms with Gasteiger partial charge in [-0.25, -0.2) is 4.79 Å². The Morgan fingerprint density at radius 1 is 1.21 bits per heavy atom. The maximum Gasteiger partial charge on any atom is 0.356 e. The SMILES string of the molecule is COc1cccc(Cn2nc(C(=O)O)c3c2CCN(C(=O)CN2CCCC2)C3)c1. The second-order valence-electron chi connectivity index (χ2n) is 7.64. The molecule has 0 aliphatic carbocycles. The molecular weight excluding hydrogens is 372 g/mol. The molecule has 0 atom stereocenters. The summed E-state index contributed by atoms with van der Waals surface area (Å²) in [4.78, 5) is 28.4. The third-order valence-electron chi connectivity index (χ3n) is 5.71.